The van der Waals surface area contributed by atoms with E-state index in [9.17, 15) is 19.2 Å². The van der Waals surface area contributed by atoms with E-state index in [4.69, 9.17) is 9.47 Å². The van der Waals surface area contributed by atoms with Gasteiger partial charge in [-0.3, -0.25) is 14.9 Å². The Balaban J connectivity index is 1.43. The van der Waals surface area contributed by atoms with E-state index in [0.717, 1.165) is 0 Å². The van der Waals surface area contributed by atoms with Crippen molar-refractivity contribution in [3.05, 3.63) is 22.1 Å². The fourth-order valence-corrected chi connectivity index (χ4v) is 4.48. The third kappa shape index (κ3) is 7.38. The maximum Gasteiger partial charge on any atom is 0.409 e. The van der Waals surface area contributed by atoms with Crippen molar-refractivity contribution in [1.29, 1.82) is 0 Å². The molecule has 0 saturated carbocycles. The lowest BCUT2D eigenvalue weighted by molar-refractivity contribution is -0.142. The molecule has 0 bridgehead atoms. The number of urea groups is 1. The highest BCUT2D eigenvalue weighted by atomic mass is 32.1. The van der Waals surface area contributed by atoms with Gasteiger partial charge in [-0.1, -0.05) is 0 Å². The van der Waals surface area contributed by atoms with Gasteiger partial charge in [0.2, 0.25) is 5.91 Å². The van der Waals surface area contributed by atoms with E-state index < -0.39 is 0 Å². The summed E-state index contributed by atoms with van der Waals surface area (Å²) in [5.41, 5.74) is 1.04. The third-order valence-corrected chi connectivity index (χ3v) is 6.24. The largest absolute Gasteiger partial charge is 0.466 e. The van der Waals surface area contributed by atoms with Gasteiger partial charge in [0.15, 0.2) is 10.3 Å². The Bertz CT molecular complexity index is 1020. The van der Waals surface area contributed by atoms with E-state index >= 15 is 0 Å². The zero-order valence-electron chi connectivity index (χ0n) is 18.9. The summed E-state index contributed by atoms with van der Waals surface area (Å²) in [7, 11) is 0. The molecule has 0 unspecified atom stereocenters. The van der Waals surface area contributed by atoms with E-state index in [2.05, 4.69) is 20.6 Å². The van der Waals surface area contributed by atoms with E-state index in [1.54, 1.807) is 34.4 Å². The molecule has 0 atom stereocenters. The monoisotopic (exact) mass is 510 g/mol. The molecule has 2 aromatic heterocycles. The van der Waals surface area contributed by atoms with Crippen LogP contribution >= 0.6 is 22.7 Å². The molecule has 2 aromatic rings. The number of amides is 4. The number of nitrogens with one attached hydrogen (secondary N) is 2. The van der Waals surface area contributed by atoms with E-state index in [-0.39, 0.29) is 36.8 Å². The molecule has 12 nitrogen and oxygen atoms in total. The molecular formula is C20H26N6O6S2. The number of hydrogen-bond donors (Lipinski definition) is 2. The van der Waals surface area contributed by atoms with Crippen LogP contribution in [0.5, 0.6) is 0 Å². The van der Waals surface area contributed by atoms with Crippen LogP contribution in [0, 0.1) is 0 Å². The fraction of sp³-hybridized carbons (Fsp3) is 0.500. The van der Waals surface area contributed by atoms with Crippen LogP contribution < -0.4 is 10.6 Å². The minimum Gasteiger partial charge on any atom is -0.466 e. The highest BCUT2D eigenvalue weighted by Crippen LogP contribution is 2.19. The Hall–Kier alpha value is -3.26. The predicted molar refractivity (Wildman–Crippen MR) is 126 cm³/mol. The van der Waals surface area contributed by atoms with E-state index in [0.29, 0.717) is 61.0 Å². The molecular weight excluding hydrogens is 484 g/mol. The zero-order valence-corrected chi connectivity index (χ0v) is 20.5. The quantitative estimate of drug-likeness (QED) is 0.515. The Labute approximate surface area is 204 Å². The summed E-state index contributed by atoms with van der Waals surface area (Å²) >= 11 is 2.44. The molecule has 1 aliphatic rings. The van der Waals surface area contributed by atoms with Crippen molar-refractivity contribution in [3.8, 4) is 0 Å². The minimum atomic E-state index is -0.377. The number of aromatic nitrogens is 2. The summed E-state index contributed by atoms with van der Waals surface area (Å²) in [5.74, 6) is -0.682. The lowest BCUT2D eigenvalue weighted by Gasteiger charge is -2.33. The van der Waals surface area contributed by atoms with E-state index in [1.165, 1.54) is 22.7 Å². The topological polar surface area (TPSA) is 143 Å². The second kappa shape index (κ2) is 12.3. The maximum atomic E-state index is 12.5. The lowest BCUT2D eigenvalue weighted by atomic mass is 10.3. The first-order valence-corrected chi connectivity index (χ1v) is 12.5. The Morgan fingerprint density at radius 2 is 1.41 bits per heavy atom. The van der Waals surface area contributed by atoms with Crippen LogP contribution in [0.25, 0.3) is 0 Å². The normalized spacial score (nSPS) is 13.4. The number of hydrogen-bond acceptors (Lipinski definition) is 10. The molecule has 14 heteroatoms. The molecule has 0 spiro atoms. The van der Waals surface area contributed by atoms with Crippen LogP contribution in [-0.2, 0) is 31.9 Å². The molecule has 0 radical (unpaired) electrons. The first-order valence-electron chi connectivity index (χ1n) is 10.7. The molecule has 184 valence electrons. The molecule has 1 saturated heterocycles. The summed E-state index contributed by atoms with van der Waals surface area (Å²) < 4.78 is 9.86. The molecule has 34 heavy (non-hydrogen) atoms. The SMILES string of the molecule is CCOC(=O)Cc1csc(NC(=O)Cc2csc(NC(=O)N3CCN(C(=O)OCC)CC3)n2)n1. The van der Waals surface area contributed by atoms with Crippen LogP contribution in [0.3, 0.4) is 0 Å². The van der Waals surface area contributed by atoms with Gasteiger partial charge < -0.3 is 24.6 Å². The molecule has 0 aromatic carbocycles. The number of esters is 1. The van der Waals surface area contributed by atoms with Crippen LogP contribution in [0.4, 0.5) is 19.9 Å². The van der Waals surface area contributed by atoms with Crippen LogP contribution in [0.1, 0.15) is 25.2 Å². The predicted octanol–water partition coefficient (Wildman–Crippen LogP) is 2.19. The lowest BCUT2D eigenvalue weighted by Crippen LogP contribution is -2.51. The average molecular weight is 511 g/mol. The molecule has 3 heterocycles. The van der Waals surface area contributed by atoms with Gasteiger partial charge in [0.05, 0.1) is 37.4 Å². The van der Waals surface area contributed by atoms with Gasteiger partial charge in [-0.2, -0.15) is 0 Å². The van der Waals surface area contributed by atoms with Gasteiger partial charge in [0.25, 0.3) is 0 Å². The zero-order chi connectivity index (χ0) is 24.5. The van der Waals surface area contributed by atoms with Crippen LogP contribution in [-0.4, -0.2) is 83.2 Å². The third-order valence-electron chi connectivity index (χ3n) is 4.63. The highest BCUT2D eigenvalue weighted by molar-refractivity contribution is 7.14. The number of rotatable bonds is 8. The standard InChI is InChI=1S/C20H26N6O6S2/c1-3-31-16(28)10-14-12-33-17(22-14)23-15(27)9-13-11-34-18(21-13)24-19(29)25-5-7-26(8-6-25)20(30)32-4-2/h11-12H,3-10H2,1-2H3,(H,21,24,29)(H,22,23,27). The fourth-order valence-electron chi connectivity index (χ4n) is 3.06. The molecule has 4 amide bonds. The van der Waals surface area contributed by atoms with Crippen molar-refractivity contribution in [2.45, 2.75) is 26.7 Å². The first kappa shape index (κ1) is 25.4. The summed E-state index contributed by atoms with van der Waals surface area (Å²) in [6.07, 6.45) is -0.316. The van der Waals surface area contributed by atoms with Gasteiger partial charge in [-0.15, -0.1) is 22.7 Å². The average Bonchev–Trinajstić information content (AvgIpc) is 3.43. The Kier molecular flexibility index (Phi) is 9.16. The summed E-state index contributed by atoms with van der Waals surface area (Å²) in [6, 6.07) is -0.314. The number of carbonyl (C=O) groups is 4. The second-order valence-corrected chi connectivity index (χ2v) is 8.81. The van der Waals surface area contributed by atoms with Gasteiger partial charge in [0, 0.05) is 36.9 Å². The second-order valence-electron chi connectivity index (χ2n) is 7.10. The number of anilines is 2. The van der Waals surface area contributed by atoms with Gasteiger partial charge in [-0.25, -0.2) is 19.6 Å². The van der Waals surface area contributed by atoms with Crippen molar-refractivity contribution in [1.82, 2.24) is 19.8 Å². The highest BCUT2D eigenvalue weighted by Gasteiger charge is 2.25. The van der Waals surface area contributed by atoms with Gasteiger partial charge in [0.1, 0.15) is 0 Å². The van der Waals surface area contributed by atoms with Gasteiger partial charge >= 0.3 is 18.1 Å². The number of carbonyl (C=O) groups excluding carboxylic acids is 4. The number of thiazole rings is 2. The molecule has 1 aliphatic heterocycles. The first-order chi connectivity index (χ1) is 16.4. The van der Waals surface area contributed by atoms with Crippen molar-refractivity contribution in [2.75, 3.05) is 50.0 Å². The molecule has 1 fully saturated rings. The number of nitrogens with zero attached hydrogens (tertiary/aromatic N) is 4. The number of piperazine rings is 1. The number of ether oxygens (including phenoxy) is 2. The molecule has 3 rings (SSSR count). The van der Waals surface area contributed by atoms with Crippen molar-refractivity contribution in [3.63, 3.8) is 0 Å². The van der Waals surface area contributed by atoms with Gasteiger partial charge in [-0.05, 0) is 13.8 Å². The maximum absolute atomic E-state index is 12.5. The molecule has 0 aliphatic carbocycles. The van der Waals surface area contributed by atoms with E-state index in [1.807, 2.05) is 0 Å². The molecule has 2 N–H and O–H groups in total. The van der Waals surface area contributed by atoms with Crippen LogP contribution in [0.15, 0.2) is 10.8 Å². The van der Waals surface area contributed by atoms with Crippen molar-refractivity contribution in [2.24, 2.45) is 0 Å². The summed E-state index contributed by atoms with van der Waals surface area (Å²) in [4.78, 5) is 59.8. The van der Waals surface area contributed by atoms with Crippen molar-refractivity contribution >= 4 is 56.9 Å². The smallest absolute Gasteiger partial charge is 0.409 e. The Morgan fingerprint density at radius 1 is 0.853 bits per heavy atom. The Morgan fingerprint density at radius 3 is 2.03 bits per heavy atom. The summed E-state index contributed by atoms with van der Waals surface area (Å²) in [5, 5.41) is 9.56. The minimum absolute atomic E-state index is 0.0113. The van der Waals surface area contributed by atoms with Crippen LogP contribution in [0.2, 0.25) is 0 Å². The summed E-state index contributed by atoms with van der Waals surface area (Å²) in [6.45, 7) is 5.65. The van der Waals surface area contributed by atoms with Crippen molar-refractivity contribution < 1.29 is 28.7 Å².